The number of rotatable bonds is 6. The van der Waals surface area contributed by atoms with E-state index < -0.39 is 0 Å². The zero-order chi connectivity index (χ0) is 18.8. The van der Waals surface area contributed by atoms with Crippen LogP contribution in [0.1, 0.15) is 47.4 Å². The van der Waals surface area contributed by atoms with Crippen LogP contribution in [-0.4, -0.2) is 46.1 Å². The molecule has 1 aromatic carbocycles. The molecule has 0 spiro atoms. The molecule has 1 saturated heterocycles. The monoisotopic (exact) mass is 370 g/mol. The van der Waals surface area contributed by atoms with Crippen LogP contribution in [0.2, 0.25) is 0 Å². The Labute approximate surface area is 157 Å². The molecule has 27 heavy (non-hydrogen) atoms. The second-order valence-corrected chi connectivity index (χ2v) is 7.11. The number of nitrogens with one attached hydrogen (secondary N) is 1. The standard InChI is InChI=1S/C20H23FN4O2/c21-14-7-9-15(10-8-14)25-17-5-1-4-16(17)19(23-25)20(27)22-11-3-13-24-12-2-6-18(24)26/h7-10H,1-6,11-13H2,(H,22,27). The minimum Gasteiger partial charge on any atom is -0.351 e. The number of nitrogens with zero attached hydrogens (tertiary/aromatic N) is 3. The molecular formula is C20H23FN4O2. The van der Waals surface area contributed by atoms with Gasteiger partial charge in [0.25, 0.3) is 5.91 Å². The van der Waals surface area contributed by atoms with E-state index in [4.69, 9.17) is 0 Å². The molecule has 2 heterocycles. The maximum Gasteiger partial charge on any atom is 0.272 e. The number of halogens is 1. The van der Waals surface area contributed by atoms with Crippen LogP contribution in [0.3, 0.4) is 0 Å². The van der Waals surface area contributed by atoms with Crippen LogP contribution in [0.25, 0.3) is 5.69 Å². The lowest BCUT2D eigenvalue weighted by molar-refractivity contribution is -0.127. The average Bonchev–Trinajstić information content (AvgIpc) is 3.36. The molecule has 0 bridgehead atoms. The second kappa shape index (κ2) is 7.50. The van der Waals surface area contributed by atoms with Gasteiger partial charge in [0.1, 0.15) is 5.82 Å². The first-order chi connectivity index (χ1) is 13.1. The molecule has 7 heteroatoms. The summed E-state index contributed by atoms with van der Waals surface area (Å²) in [5, 5.41) is 7.45. The molecule has 0 saturated carbocycles. The van der Waals surface area contributed by atoms with E-state index in [1.165, 1.54) is 12.1 Å². The Bertz CT molecular complexity index is 860. The van der Waals surface area contributed by atoms with Gasteiger partial charge in [-0.05, 0) is 56.4 Å². The average molecular weight is 370 g/mol. The second-order valence-electron chi connectivity index (χ2n) is 7.11. The molecule has 6 nitrogen and oxygen atoms in total. The summed E-state index contributed by atoms with van der Waals surface area (Å²) in [5.74, 6) is -0.268. The van der Waals surface area contributed by atoms with Crippen molar-refractivity contribution in [3.05, 3.63) is 47.0 Å². The Kier molecular flexibility index (Phi) is 4.92. The van der Waals surface area contributed by atoms with Crippen LogP contribution in [0, 0.1) is 5.82 Å². The predicted octanol–water partition coefficient (Wildman–Crippen LogP) is 2.24. The van der Waals surface area contributed by atoms with Gasteiger partial charge in [0.05, 0.1) is 5.69 Å². The Morgan fingerprint density at radius 1 is 1.15 bits per heavy atom. The summed E-state index contributed by atoms with van der Waals surface area (Å²) in [6.07, 6.45) is 4.99. The summed E-state index contributed by atoms with van der Waals surface area (Å²) in [6.45, 7) is 2.02. The highest BCUT2D eigenvalue weighted by Gasteiger charge is 2.27. The minimum absolute atomic E-state index is 0.179. The summed E-state index contributed by atoms with van der Waals surface area (Å²) < 4.78 is 15.0. The van der Waals surface area contributed by atoms with Crippen LogP contribution < -0.4 is 5.32 Å². The fraction of sp³-hybridized carbons (Fsp3) is 0.450. The smallest absolute Gasteiger partial charge is 0.272 e. The molecule has 1 aliphatic heterocycles. The Balaban J connectivity index is 1.42. The third-order valence-corrected chi connectivity index (χ3v) is 5.28. The molecule has 1 fully saturated rings. The quantitative estimate of drug-likeness (QED) is 0.793. The number of benzene rings is 1. The van der Waals surface area contributed by atoms with Crippen molar-refractivity contribution in [3.63, 3.8) is 0 Å². The maximum absolute atomic E-state index is 13.2. The van der Waals surface area contributed by atoms with Crippen LogP contribution in [-0.2, 0) is 17.6 Å². The number of hydrogen-bond donors (Lipinski definition) is 1. The molecule has 2 aromatic rings. The van der Waals surface area contributed by atoms with Gasteiger partial charge < -0.3 is 10.2 Å². The van der Waals surface area contributed by atoms with E-state index in [9.17, 15) is 14.0 Å². The largest absolute Gasteiger partial charge is 0.351 e. The van der Waals surface area contributed by atoms with Crippen LogP contribution in [0.4, 0.5) is 4.39 Å². The van der Waals surface area contributed by atoms with E-state index in [2.05, 4.69) is 10.4 Å². The molecule has 0 atom stereocenters. The number of likely N-dealkylation sites (tertiary alicyclic amines) is 1. The summed E-state index contributed by atoms with van der Waals surface area (Å²) in [6, 6.07) is 6.15. The van der Waals surface area contributed by atoms with Crippen molar-refractivity contribution in [1.29, 1.82) is 0 Å². The highest BCUT2D eigenvalue weighted by Crippen LogP contribution is 2.27. The molecule has 2 aliphatic rings. The van der Waals surface area contributed by atoms with Crippen molar-refractivity contribution in [2.75, 3.05) is 19.6 Å². The molecule has 0 radical (unpaired) electrons. The normalized spacial score (nSPS) is 16.0. The van der Waals surface area contributed by atoms with Crippen LogP contribution >= 0.6 is 0 Å². The van der Waals surface area contributed by atoms with Gasteiger partial charge in [0.15, 0.2) is 5.69 Å². The Morgan fingerprint density at radius 2 is 1.96 bits per heavy atom. The number of carbonyl (C=O) groups excluding carboxylic acids is 2. The topological polar surface area (TPSA) is 67.2 Å². The first-order valence-electron chi connectivity index (χ1n) is 9.56. The third kappa shape index (κ3) is 3.59. The van der Waals surface area contributed by atoms with E-state index in [1.807, 2.05) is 4.90 Å². The van der Waals surface area contributed by atoms with E-state index >= 15 is 0 Å². The lowest BCUT2D eigenvalue weighted by Gasteiger charge is -2.15. The number of aromatic nitrogens is 2. The maximum atomic E-state index is 13.2. The van der Waals surface area contributed by atoms with Gasteiger partial charge in [-0.25, -0.2) is 9.07 Å². The third-order valence-electron chi connectivity index (χ3n) is 5.28. The highest BCUT2D eigenvalue weighted by molar-refractivity contribution is 5.94. The van der Waals surface area contributed by atoms with Gasteiger partial charge in [-0.1, -0.05) is 0 Å². The van der Waals surface area contributed by atoms with Gasteiger partial charge >= 0.3 is 0 Å². The molecule has 1 aliphatic carbocycles. The van der Waals surface area contributed by atoms with Gasteiger partial charge in [-0.15, -0.1) is 0 Å². The predicted molar refractivity (Wildman–Crippen MR) is 98.3 cm³/mol. The first kappa shape index (κ1) is 17.7. The van der Waals surface area contributed by atoms with Gasteiger partial charge in [-0.3, -0.25) is 9.59 Å². The van der Waals surface area contributed by atoms with Crippen molar-refractivity contribution in [3.8, 4) is 5.69 Å². The van der Waals surface area contributed by atoms with Crippen molar-refractivity contribution >= 4 is 11.8 Å². The summed E-state index contributed by atoms with van der Waals surface area (Å²) in [4.78, 5) is 26.1. The summed E-state index contributed by atoms with van der Waals surface area (Å²) >= 11 is 0. The molecule has 2 amide bonds. The SMILES string of the molecule is O=C(NCCCN1CCCC1=O)c1nn(-c2ccc(F)cc2)c2c1CCC2. The number of amides is 2. The molecule has 1 aromatic heterocycles. The number of hydrogen-bond acceptors (Lipinski definition) is 3. The van der Waals surface area contributed by atoms with Crippen molar-refractivity contribution < 1.29 is 14.0 Å². The fourth-order valence-electron chi connectivity index (χ4n) is 3.91. The van der Waals surface area contributed by atoms with E-state index in [1.54, 1.807) is 16.8 Å². The Morgan fingerprint density at radius 3 is 2.70 bits per heavy atom. The van der Waals surface area contributed by atoms with E-state index in [-0.39, 0.29) is 17.6 Å². The molecule has 4 rings (SSSR count). The summed E-state index contributed by atoms with van der Waals surface area (Å²) in [7, 11) is 0. The number of fused-ring (bicyclic) bond motifs is 1. The lowest BCUT2D eigenvalue weighted by atomic mass is 10.2. The zero-order valence-electron chi connectivity index (χ0n) is 15.2. The van der Waals surface area contributed by atoms with Crippen molar-refractivity contribution in [2.24, 2.45) is 0 Å². The van der Waals surface area contributed by atoms with Crippen molar-refractivity contribution in [2.45, 2.75) is 38.5 Å². The van der Waals surface area contributed by atoms with Gasteiger partial charge in [-0.2, -0.15) is 5.10 Å². The fourth-order valence-corrected chi connectivity index (χ4v) is 3.91. The van der Waals surface area contributed by atoms with Crippen LogP contribution in [0.5, 0.6) is 0 Å². The van der Waals surface area contributed by atoms with E-state index in [0.717, 1.165) is 55.6 Å². The lowest BCUT2D eigenvalue weighted by Crippen LogP contribution is -2.31. The molecular weight excluding hydrogens is 347 g/mol. The van der Waals surface area contributed by atoms with Gasteiger partial charge in [0.2, 0.25) is 5.91 Å². The number of carbonyl (C=O) groups is 2. The molecule has 142 valence electrons. The molecule has 1 N–H and O–H groups in total. The van der Waals surface area contributed by atoms with Gasteiger partial charge in [0, 0.05) is 37.3 Å². The zero-order valence-corrected chi connectivity index (χ0v) is 15.2. The Hall–Kier alpha value is -2.70. The first-order valence-corrected chi connectivity index (χ1v) is 9.56. The minimum atomic E-state index is -0.294. The van der Waals surface area contributed by atoms with Crippen LogP contribution in [0.15, 0.2) is 24.3 Å². The van der Waals surface area contributed by atoms with Crippen molar-refractivity contribution in [1.82, 2.24) is 20.0 Å². The van der Waals surface area contributed by atoms with E-state index in [0.29, 0.717) is 25.2 Å². The highest BCUT2D eigenvalue weighted by atomic mass is 19.1. The molecule has 0 unspecified atom stereocenters. The summed E-state index contributed by atoms with van der Waals surface area (Å²) in [5.41, 5.74) is 3.26.